The monoisotopic (exact) mass is 337 g/mol. The van der Waals surface area contributed by atoms with Gasteiger partial charge in [-0.25, -0.2) is 0 Å². The summed E-state index contributed by atoms with van der Waals surface area (Å²) in [6, 6.07) is 16.5. The molecule has 0 spiro atoms. The second-order valence-corrected chi connectivity index (χ2v) is 6.85. The number of quaternary nitrogens is 2. The molecule has 0 radical (unpaired) electrons. The zero-order valence-electron chi connectivity index (χ0n) is 14.3. The zero-order valence-corrected chi connectivity index (χ0v) is 14.3. The molecule has 128 valence electrons. The molecular weight excluding hydrogens is 314 g/mol. The van der Waals surface area contributed by atoms with Gasteiger partial charge in [0, 0.05) is 11.1 Å². The van der Waals surface area contributed by atoms with E-state index in [1.165, 1.54) is 24.2 Å². The molecule has 0 saturated carbocycles. The van der Waals surface area contributed by atoms with E-state index in [9.17, 15) is 0 Å². The molecule has 25 heavy (non-hydrogen) atoms. The molecule has 0 aromatic heterocycles. The van der Waals surface area contributed by atoms with Crippen LogP contribution in [-0.4, -0.2) is 33.0 Å². The second kappa shape index (κ2) is 7.14. The van der Waals surface area contributed by atoms with Gasteiger partial charge in [-0.05, 0) is 30.3 Å². The van der Waals surface area contributed by atoms with Crippen LogP contribution in [0, 0.1) is 11.3 Å². The second-order valence-electron chi connectivity index (χ2n) is 6.85. The Hall–Kier alpha value is -2.55. The van der Waals surface area contributed by atoms with E-state index in [1.807, 2.05) is 24.3 Å². The SMILES string of the molecule is N#Cc1cccc(C[NH+]2CC[NH+](Cc3ccc4c(c3)OCO4)CC2)c1. The first-order valence-corrected chi connectivity index (χ1v) is 8.85. The van der Waals surface area contributed by atoms with Crippen LogP contribution in [0.1, 0.15) is 16.7 Å². The van der Waals surface area contributed by atoms with E-state index >= 15 is 0 Å². The number of hydrogen-bond acceptors (Lipinski definition) is 3. The van der Waals surface area contributed by atoms with Crippen molar-refractivity contribution in [2.45, 2.75) is 13.1 Å². The summed E-state index contributed by atoms with van der Waals surface area (Å²) in [5.74, 6) is 1.73. The molecule has 0 atom stereocenters. The van der Waals surface area contributed by atoms with Gasteiger partial charge in [-0.3, -0.25) is 0 Å². The van der Waals surface area contributed by atoms with Crippen LogP contribution >= 0.6 is 0 Å². The summed E-state index contributed by atoms with van der Waals surface area (Å²) in [6.07, 6.45) is 0. The molecule has 0 unspecified atom stereocenters. The van der Waals surface area contributed by atoms with Crippen molar-refractivity contribution in [1.82, 2.24) is 0 Å². The maximum Gasteiger partial charge on any atom is 0.231 e. The molecule has 2 N–H and O–H groups in total. The van der Waals surface area contributed by atoms with Gasteiger partial charge in [-0.15, -0.1) is 0 Å². The van der Waals surface area contributed by atoms with Crippen LogP contribution in [-0.2, 0) is 13.1 Å². The molecule has 5 nitrogen and oxygen atoms in total. The Balaban J connectivity index is 1.30. The predicted molar refractivity (Wildman–Crippen MR) is 92.5 cm³/mol. The van der Waals surface area contributed by atoms with Crippen molar-refractivity contribution in [3.63, 3.8) is 0 Å². The number of rotatable bonds is 4. The van der Waals surface area contributed by atoms with Crippen LogP contribution in [0.5, 0.6) is 11.5 Å². The Labute approximate surface area is 148 Å². The van der Waals surface area contributed by atoms with Gasteiger partial charge >= 0.3 is 0 Å². The maximum atomic E-state index is 9.02. The number of fused-ring (bicyclic) bond motifs is 1. The first-order valence-electron chi connectivity index (χ1n) is 8.85. The van der Waals surface area contributed by atoms with Crippen molar-refractivity contribution < 1.29 is 19.3 Å². The summed E-state index contributed by atoms with van der Waals surface area (Å²) in [5.41, 5.74) is 3.32. The zero-order chi connectivity index (χ0) is 17.1. The standard InChI is InChI=1S/C20H21N3O2/c21-12-16-2-1-3-17(10-16)13-22-6-8-23(9-7-22)14-18-4-5-19-20(11-18)25-15-24-19/h1-5,10-11H,6-9,13-15H2/p+2. The molecule has 2 aliphatic rings. The molecule has 1 saturated heterocycles. The van der Waals surface area contributed by atoms with Crippen molar-refractivity contribution in [2.24, 2.45) is 0 Å². The van der Waals surface area contributed by atoms with Gasteiger partial charge in [-0.1, -0.05) is 12.1 Å². The average Bonchev–Trinajstić information content (AvgIpc) is 3.11. The fourth-order valence-corrected chi connectivity index (χ4v) is 3.69. The summed E-state index contributed by atoms with van der Waals surface area (Å²) in [7, 11) is 0. The minimum atomic E-state index is 0.334. The summed E-state index contributed by atoms with van der Waals surface area (Å²) in [6.45, 7) is 7.04. The van der Waals surface area contributed by atoms with Gasteiger partial charge in [0.2, 0.25) is 6.79 Å². The molecule has 2 aromatic rings. The maximum absolute atomic E-state index is 9.02. The molecule has 2 aromatic carbocycles. The topological polar surface area (TPSA) is 51.1 Å². The Kier molecular flexibility index (Phi) is 4.55. The van der Waals surface area contributed by atoms with E-state index in [0.29, 0.717) is 6.79 Å². The number of nitrogens with zero attached hydrogens (tertiary/aromatic N) is 1. The van der Waals surface area contributed by atoms with Crippen molar-refractivity contribution in [3.05, 3.63) is 59.2 Å². The minimum Gasteiger partial charge on any atom is -0.454 e. The Bertz CT molecular complexity index is 792. The van der Waals surface area contributed by atoms with Crippen LogP contribution in [0.3, 0.4) is 0 Å². The van der Waals surface area contributed by atoms with E-state index in [4.69, 9.17) is 14.7 Å². The molecule has 0 aliphatic carbocycles. The van der Waals surface area contributed by atoms with Crippen LogP contribution in [0.25, 0.3) is 0 Å². The Morgan fingerprint density at radius 3 is 2.24 bits per heavy atom. The predicted octanol–water partition coefficient (Wildman–Crippen LogP) is -0.229. The number of nitriles is 1. The first-order chi connectivity index (χ1) is 12.3. The summed E-state index contributed by atoms with van der Waals surface area (Å²) >= 11 is 0. The third-order valence-corrected chi connectivity index (χ3v) is 5.07. The van der Waals surface area contributed by atoms with Crippen molar-refractivity contribution >= 4 is 0 Å². The third-order valence-electron chi connectivity index (χ3n) is 5.07. The molecule has 5 heteroatoms. The van der Waals surface area contributed by atoms with Crippen molar-refractivity contribution in [3.8, 4) is 17.6 Å². The van der Waals surface area contributed by atoms with Crippen LogP contribution in [0.4, 0.5) is 0 Å². The lowest BCUT2D eigenvalue weighted by Crippen LogP contribution is -3.27. The van der Waals surface area contributed by atoms with Gasteiger partial charge in [0.05, 0.1) is 11.6 Å². The number of benzene rings is 2. The highest BCUT2D eigenvalue weighted by atomic mass is 16.7. The lowest BCUT2D eigenvalue weighted by Gasteiger charge is -2.29. The summed E-state index contributed by atoms with van der Waals surface area (Å²) in [5, 5.41) is 9.02. The Morgan fingerprint density at radius 2 is 1.52 bits per heavy atom. The molecule has 2 aliphatic heterocycles. The van der Waals surface area contributed by atoms with Crippen LogP contribution in [0.2, 0.25) is 0 Å². The fraction of sp³-hybridized carbons (Fsp3) is 0.350. The first kappa shape index (κ1) is 15.9. The van der Waals surface area contributed by atoms with Gasteiger partial charge in [0.25, 0.3) is 0 Å². The minimum absolute atomic E-state index is 0.334. The van der Waals surface area contributed by atoms with Gasteiger partial charge < -0.3 is 19.3 Å². The highest BCUT2D eigenvalue weighted by Crippen LogP contribution is 2.32. The number of hydrogen-bond donors (Lipinski definition) is 2. The molecule has 0 amide bonds. The van der Waals surface area contributed by atoms with E-state index in [-0.39, 0.29) is 0 Å². The molecule has 1 fully saturated rings. The van der Waals surface area contributed by atoms with Crippen LogP contribution < -0.4 is 19.3 Å². The molecule has 4 rings (SSSR count). The lowest BCUT2D eigenvalue weighted by molar-refractivity contribution is -1.02. The number of nitrogens with one attached hydrogen (secondary N) is 2. The third kappa shape index (κ3) is 3.76. The van der Waals surface area contributed by atoms with Gasteiger partial charge in [0.1, 0.15) is 39.3 Å². The molecule has 2 heterocycles. The number of ether oxygens (including phenoxy) is 2. The normalized spacial score (nSPS) is 21.7. The summed E-state index contributed by atoms with van der Waals surface area (Å²) in [4.78, 5) is 3.22. The van der Waals surface area contributed by atoms with Crippen LogP contribution in [0.15, 0.2) is 42.5 Å². The highest BCUT2D eigenvalue weighted by molar-refractivity contribution is 5.44. The highest BCUT2D eigenvalue weighted by Gasteiger charge is 2.24. The van der Waals surface area contributed by atoms with Crippen molar-refractivity contribution in [2.75, 3.05) is 33.0 Å². The quantitative estimate of drug-likeness (QED) is 0.810. The lowest BCUT2D eigenvalue weighted by atomic mass is 10.1. The van der Waals surface area contributed by atoms with E-state index in [1.54, 1.807) is 9.80 Å². The summed E-state index contributed by atoms with van der Waals surface area (Å²) < 4.78 is 10.9. The van der Waals surface area contributed by atoms with E-state index < -0.39 is 0 Å². The van der Waals surface area contributed by atoms with Gasteiger partial charge in [0.15, 0.2) is 11.5 Å². The van der Waals surface area contributed by atoms with Gasteiger partial charge in [-0.2, -0.15) is 5.26 Å². The van der Waals surface area contributed by atoms with E-state index in [0.717, 1.165) is 43.2 Å². The fourth-order valence-electron chi connectivity index (χ4n) is 3.69. The molecular formula is C20H23N3O2+2. The Morgan fingerprint density at radius 1 is 0.840 bits per heavy atom. The smallest absolute Gasteiger partial charge is 0.231 e. The average molecular weight is 337 g/mol. The van der Waals surface area contributed by atoms with E-state index in [2.05, 4.69) is 24.3 Å². The number of piperazine rings is 1. The van der Waals surface area contributed by atoms with Crippen molar-refractivity contribution in [1.29, 1.82) is 5.26 Å². The largest absolute Gasteiger partial charge is 0.454 e. The molecule has 0 bridgehead atoms.